The Hall–Kier alpha value is -1.06. The van der Waals surface area contributed by atoms with E-state index in [9.17, 15) is 9.59 Å². The van der Waals surface area contributed by atoms with Gasteiger partial charge in [0.15, 0.2) is 0 Å². The summed E-state index contributed by atoms with van der Waals surface area (Å²) in [4.78, 5) is 21.5. The molecule has 2 saturated heterocycles. The Balaban J connectivity index is 2.17. The fourth-order valence-electron chi connectivity index (χ4n) is 2.21. The number of fused-ring (bicyclic) bond motifs is 3. The summed E-state index contributed by atoms with van der Waals surface area (Å²) in [6, 6.07) is 0. The van der Waals surface area contributed by atoms with E-state index in [1.54, 1.807) is 0 Å². The maximum absolute atomic E-state index is 11.3. The molecule has 0 amide bonds. The Morgan fingerprint density at radius 2 is 2.46 bits per heavy atom. The van der Waals surface area contributed by atoms with Gasteiger partial charge in [0.2, 0.25) is 0 Å². The molecule has 72 valence electrons. The van der Waals surface area contributed by atoms with Crippen molar-refractivity contribution in [2.24, 2.45) is 5.92 Å². The van der Waals surface area contributed by atoms with E-state index in [-0.39, 0.29) is 18.0 Å². The lowest BCUT2D eigenvalue weighted by Crippen LogP contribution is -2.53. The Morgan fingerprint density at radius 1 is 1.69 bits per heavy atom. The van der Waals surface area contributed by atoms with Crippen LogP contribution in [0.15, 0.2) is 0 Å². The molecular formula is C9H12O4. The first kappa shape index (κ1) is 8.53. The molecule has 4 heteroatoms. The Labute approximate surface area is 76.2 Å². The summed E-state index contributed by atoms with van der Waals surface area (Å²) in [6.45, 7) is 2.31. The monoisotopic (exact) mass is 184 g/mol. The minimum absolute atomic E-state index is 0.216. The molecule has 1 aliphatic carbocycles. The van der Waals surface area contributed by atoms with E-state index in [0.717, 1.165) is 12.8 Å². The predicted octanol–water partition coefficient (Wildman–Crippen LogP) is 0.644. The van der Waals surface area contributed by atoms with Crippen LogP contribution in [-0.2, 0) is 19.1 Å². The molecule has 13 heavy (non-hydrogen) atoms. The van der Waals surface area contributed by atoms with Gasteiger partial charge in [-0.25, -0.2) is 0 Å². The largest absolute Gasteiger partial charge is 0.464 e. The molecule has 0 aromatic rings. The van der Waals surface area contributed by atoms with Crippen molar-refractivity contribution in [3.05, 3.63) is 0 Å². The first-order valence-corrected chi connectivity index (χ1v) is 4.47. The quantitative estimate of drug-likeness (QED) is 0.467. The van der Waals surface area contributed by atoms with E-state index in [1.807, 2.05) is 6.92 Å². The fourth-order valence-corrected chi connectivity index (χ4v) is 2.21. The summed E-state index contributed by atoms with van der Waals surface area (Å²) in [5.74, 6) is -0.445. The zero-order chi connectivity index (χ0) is 9.47. The summed E-state index contributed by atoms with van der Waals surface area (Å²) < 4.78 is 10.1. The third-order valence-corrected chi connectivity index (χ3v) is 2.95. The highest BCUT2D eigenvalue weighted by Crippen LogP contribution is 2.42. The molecular weight excluding hydrogens is 172 g/mol. The summed E-state index contributed by atoms with van der Waals surface area (Å²) in [6.07, 6.45) is 2.02. The maximum Gasteiger partial charge on any atom is 0.313 e. The van der Waals surface area contributed by atoms with E-state index in [1.165, 1.54) is 0 Å². The van der Waals surface area contributed by atoms with Gasteiger partial charge in [-0.1, -0.05) is 0 Å². The summed E-state index contributed by atoms with van der Waals surface area (Å²) in [7, 11) is 0. The molecule has 0 aromatic carbocycles. The van der Waals surface area contributed by atoms with Crippen LogP contribution in [-0.4, -0.2) is 24.1 Å². The average molecular weight is 184 g/mol. The Kier molecular flexibility index (Phi) is 1.78. The highest BCUT2D eigenvalue weighted by atomic mass is 16.6. The SMILES string of the molecule is C[C@@]12CC[C@@H](C(=O)O1)[C@@H](OC=O)C2. The number of rotatable bonds is 2. The summed E-state index contributed by atoms with van der Waals surface area (Å²) in [5.41, 5.74) is -0.403. The topological polar surface area (TPSA) is 52.6 Å². The molecule has 0 N–H and O–H groups in total. The van der Waals surface area contributed by atoms with Crippen LogP contribution in [0.4, 0.5) is 0 Å². The van der Waals surface area contributed by atoms with Gasteiger partial charge >= 0.3 is 5.97 Å². The van der Waals surface area contributed by atoms with Gasteiger partial charge in [0.05, 0.1) is 5.92 Å². The van der Waals surface area contributed by atoms with E-state index in [0.29, 0.717) is 12.9 Å². The molecule has 2 bridgehead atoms. The van der Waals surface area contributed by atoms with Gasteiger partial charge in [0.1, 0.15) is 11.7 Å². The van der Waals surface area contributed by atoms with Gasteiger partial charge in [0.25, 0.3) is 6.47 Å². The van der Waals surface area contributed by atoms with Crippen LogP contribution in [0.3, 0.4) is 0 Å². The van der Waals surface area contributed by atoms with Crippen molar-refractivity contribution in [2.45, 2.75) is 37.9 Å². The zero-order valence-electron chi connectivity index (χ0n) is 7.49. The Morgan fingerprint density at radius 3 is 3.00 bits per heavy atom. The number of hydrogen-bond acceptors (Lipinski definition) is 4. The van der Waals surface area contributed by atoms with E-state index >= 15 is 0 Å². The molecule has 2 aliphatic heterocycles. The number of esters is 1. The van der Waals surface area contributed by atoms with Gasteiger partial charge in [-0.3, -0.25) is 9.59 Å². The van der Waals surface area contributed by atoms with Crippen molar-refractivity contribution < 1.29 is 19.1 Å². The van der Waals surface area contributed by atoms with Crippen LogP contribution < -0.4 is 0 Å². The van der Waals surface area contributed by atoms with E-state index in [2.05, 4.69) is 0 Å². The molecule has 4 nitrogen and oxygen atoms in total. The van der Waals surface area contributed by atoms with Crippen molar-refractivity contribution in [1.82, 2.24) is 0 Å². The van der Waals surface area contributed by atoms with Crippen molar-refractivity contribution in [3.63, 3.8) is 0 Å². The molecule has 3 aliphatic rings. The smallest absolute Gasteiger partial charge is 0.313 e. The predicted molar refractivity (Wildman–Crippen MR) is 42.8 cm³/mol. The number of carbonyl (C=O) groups is 2. The lowest BCUT2D eigenvalue weighted by Gasteiger charge is -2.46. The van der Waals surface area contributed by atoms with Crippen LogP contribution in [0.5, 0.6) is 0 Å². The van der Waals surface area contributed by atoms with Gasteiger partial charge in [0, 0.05) is 6.42 Å². The molecule has 0 unspecified atom stereocenters. The lowest BCUT2D eigenvalue weighted by atomic mass is 9.74. The molecule has 0 aromatic heterocycles. The van der Waals surface area contributed by atoms with Crippen LogP contribution in [0, 0.1) is 5.92 Å². The molecule has 2 heterocycles. The normalized spacial score (nSPS) is 42.7. The minimum Gasteiger partial charge on any atom is -0.464 e. The second kappa shape index (κ2) is 2.72. The molecule has 0 spiro atoms. The van der Waals surface area contributed by atoms with E-state index in [4.69, 9.17) is 9.47 Å². The molecule has 1 saturated carbocycles. The molecule has 0 radical (unpaired) electrons. The van der Waals surface area contributed by atoms with Crippen molar-refractivity contribution >= 4 is 12.4 Å². The van der Waals surface area contributed by atoms with Gasteiger partial charge < -0.3 is 9.47 Å². The van der Waals surface area contributed by atoms with Crippen molar-refractivity contribution in [1.29, 1.82) is 0 Å². The van der Waals surface area contributed by atoms with Gasteiger partial charge in [-0.05, 0) is 19.8 Å². The van der Waals surface area contributed by atoms with Gasteiger partial charge in [-0.2, -0.15) is 0 Å². The molecule has 3 atom stereocenters. The highest BCUT2D eigenvalue weighted by Gasteiger charge is 2.50. The van der Waals surface area contributed by atoms with Crippen molar-refractivity contribution in [2.75, 3.05) is 0 Å². The van der Waals surface area contributed by atoms with Crippen LogP contribution >= 0.6 is 0 Å². The average Bonchev–Trinajstić information content (AvgIpc) is 2.02. The molecule has 3 fully saturated rings. The van der Waals surface area contributed by atoms with E-state index < -0.39 is 5.60 Å². The summed E-state index contributed by atoms with van der Waals surface area (Å²) in [5, 5.41) is 0. The third kappa shape index (κ3) is 1.30. The van der Waals surface area contributed by atoms with Gasteiger partial charge in [-0.15, -0.1) is 0 Å². The number of ether oxygens (including phenoxy) is 2. The maximum atomic E-state index is 11.3. The molecule has 3 rings (SSSR count). The van der Waals surface area contributed by atoms with Crippen molar-refractivity contribution in [3.8, 4) is 0 Å². The number of hydrogen-bond donors (Lipinski definition) is 0. The Bertz CT molecular complexity index is 250. The first-order chi connectivity index (χ1) is 6.14. The lowest BCUT2D eigenvalue weighted by molar-refractivity contribution is -0.203. The zero-order valence-corrected chi connectivity index (χ0v) is 7.49. The fraction of sp³-hybridized carbons (Fsp3) is 0.778. The summed E-state index contributed by atoms with van der Waals surface area (Å²) >= 11 is 0. The van der Waals surface area contributed by atoms with Crippen LogP contribution in [0.1, 0.15) is 26.2 Å². The number of carbonyl (C=O) groups excluding carboxylic acids is 2. The second-order valence-electron chi connectivity index (χ2n) is 3.99. The first-order valence-electron chi connectivity index (χ1n) is 4.47. The second-order valence-corrected chi connectivity index (χ2v) is 3.99. The minimum atomic E-state index is -0.403. The van der Waals surface area contributed by atoms with Crippen LogP contribution in [0.25, 0.3) is 0 Å². The van der Waals surface area contributed by atoms with Crippen LogP contribution in [0.2, 0.25) is 0 Å². The third-order valence-electron chi connectivity index (χ3n) is 2.95. The highest BCUT2D eigenvalue weighted by molar-refractivity contribution is 5.75. The standard InChI is InChI=1S/C9H12O4/c1-9-3-2-6(8(11)13-9)7(4-9)12-5-10/h5-7H,2-4H2,1H3/t6-,7+,9+/m1/s1.